The van der Waals surface area contributed by atoms with Crippen LogP contribution >= 0.6 is 22.9 Å². The molecule has 0 fully saturated rings. The maximum absolute atomic E-state index is 13.7. The van der Waals surface area contributed by atoms with Crippen LogP contribution in [-0.2, 0) is 16.6 Å². The Hall–Kier alpha value is -2.55. The number of aromatic nitrogens is 1. The Morgan fingerprint density at radius 3 is 2.45 bits per heavy atom. The Balaban J connectivity index is 1.88. The van der Waals surface area contributed by atoms with Gasteiger partial charge in [-0.2, -0.15) is 0 Å². The van der Waals surface area contributed by atoms with Gasteiger partial charge in [0, 0.05) is 6.20 Å². The molecule has 0 spiro atoms. The van der Waals surface area contributed by atoms with E-state index in [1.165, 1.54) is 18.2 Å². The highest BCUT2D eigenvalue weighted by molar-refractivity contribution is 7.93. The molecule has 0 aliphatic rings. The molecule has 4 nitrogen and oxygen atoms in total. The fraction of sp³-hybridized carbons (Fsp3) is 0.0500. The normalized spacial score (nSPS) is 11.7. The lowest BCUT2D eigenvalue weighted by molar-refractivity contribution is 0.507. The van der Waals surface area contributed by atoms with E-state index >= 15 is 0 Å². The second kappa shape index (κ2) is 7.70. The van der Waals surface area contributed by atoms with E-state index < -0.39 is 21.7 Å². The highest BCUT2D eigenvalue weighted by atomic mass is 35.5. The van der Waals surface area contributed by atoms with Crippen LogP contribution in [0.4, 0.5) is 13.8 Å². The zero-order valence-corrected chi connectivity index (χ0v) is 17.1. The number of benzene rings is 2. The summed E-state index contributed by atoms with van der Waals surface area (Å²) in [5, 5.41) is 0.446. The summed E-state index contributed by atoms with van der Waals surface area (Å²) >= 11 is 7.64. The molecule has 0 radical (unpaired) electrons. The second-order valence-corrected chi connectivity index (χ2v) is 9.42. The van der Waals surface area contributed by atoms with Gasteiger partial charge in [0.1, 0.15) is 15.5 Å². The molecule has 9 heteroatoms. The van der Waals surface area contributed by atoms with Crippen molar-refractivity contribution in [3.05, 3.63) is 89.1 Å². The number of anilines is 1. The van der Waals surface area contributed by atoms with Crippen LogP contribution in [0.3, 0.4) is 0 Å². The summed E-state index contributed by atoms with van der Waals surface area (Å²) in [5.41, 5.74) is 0.762. The molecule has 0 aliphatic carbocycles. The Morgan fingerprint density at radius 1 is 1.00 bits per heavy atom. The van der Waals surface area contributed by atoms with E-state index in [1.807, 2.05) is 0 Å². The van der Waals surface area contributed by atoms with Crippen molar-refractivity contribution in [2.75, 3.05) is 4.31 Å². The predicted octanol–water partition coefficient (Wildman–Crippen LogP) is 5.62. The molecule has 0 aliphatic heterocycles. The summed E-state index contributed by atoms with van der Waals surface area (Å²) in [6.07, 6.45) is 1.57. The minimum absolute atomic E-state index is 0.0593. The lowest BCUT2D eigenvalue weighted by atomic mass is 10.2. The summed E-state index contributed by atoms with van der Waals surface area (Å²) in [6.45, 7) is -0.221. The average Bonchev–Trinajstić information content (AvgIpc) is 3.06. The van der Waals surface area contributed by atoms with E-state index in [4.69, 9.17) is 11.6 Å². The third kappa shape index (κ3) is 3.71. The molecule has 2 heterocycles. The fourth-order valence-electron chi connectivity index (χ4n) is 2.84. The van der Waals surface area contributed by atoms with Gasteiger partial charge in [-0.05, 0) is 42.0 Å². The molecule has 0 saturated carbocycles. The van der Waals surface area contributed by atoms with Crippen molar-refractivity contribution in [1.29, 1.82) is 0 Å². The van der Waals surface area contributed by atoms with Crippen LogP contribution in [0.15, 0.2) is 71.8 Å². The molecule has 148 valence electrons. The van der Waals surface area contributed by atoms with Crippen LogP contribution in [-0.4, -0.2) is 13.4 Å². The van der Waals surface area contributed by atoms with Crippen molar-refractivity contribution < 1.29 is 17.2 Å². The summed E-state index contributed by atoms with van der Waals surface area (Å²) in [5.74, 6) is -2.06. The van der Waals surface area contributed by atoms with Crippen molar-refractivity contribution >= 4 is 48.2 Å². The summed E-state index contributed by atoms with van der Waals surface area (Å²) in [7, 11) is -4.03. The summed E-state index contributed by atoms with van der Waals surface area (Å²) in [4.78, 5) is 4.28. The fourth-order valence-corrected chi connectivity index (χ4v) is 6.06. The molecule has 2 aromatic carbocycles. The molecule has 4 aromatic rings. The summed E-state index contributed by atoms with van der Waals surface area (Å²) in [6, 6.07) is 14.6. The zero-order valence-electron chi connectivity index (χ0n) is 14.7. The number of sulfonamides is 1. The number of fused-ring (bicyclic) bond motifs is 1. The minimum Gasteiger partial charge on any atom is -0.254 e. The van der Waals surface area contributed by atoms with E-state index in [0.717, 1.165) is 27.8 Å². The molecular weight excluding hydrogens is 438 g/mol. The third-order valence-electron chi connectivity index (χ3n) is 4.24. The number of pyridine rings is 1. The largest absolute Gasteiger partial charge is 0.265 e. The smallest absolute Gasteiger partial charge is 0.254 e. The van der Waals surface area contributed by atoms with Gasteiger partial charge in [-0.25, -0.2) is 17.2 Å². The highest BCUT2D eigenvalue weighted by Gasteiger charge is 2.29. The van der Waals surface area contributed by atoms with Crippen LogP contribution in [0.1, 0.15) is 5.56 Å². The Bertz CT molecular complexity index is 1290. The number of halogens is 3. The summed E-state index contributed by atoms with van der Waals surface area (Å²) < 4.78 is 55.7. The molecule has 0 saturated heterocycles. The molecule has 2 aromatic heterocycles. The lowest BCUT2D eigenvalue weighted by Crippen LogP contribution is -2.30. The van der Waals surface area contributed by atoms with Crippen LogP contribution in [0.2, 0.25) is 5.02 Å². The third-order valence-corrected chi connectivity index (χ3v) is 7.75. The van der Waals surface area contributed by atoms with Gasteiger partial charge in [-0.15, -0.1) is 11.3 Å². The number of thiophene rings is 1. The monoisotopic (exact) mass is 450 g/mol. The first kappa shape index (κ1) is 19.8. The quantitative estimate of drug-likeness (QED) is 0.396. The van der Waals surface area contributed by atoms with E-state index in [2.05, 4.69) is 4.98 Å². The maximum atomic E-state index is 13.7. The van der Waals surface area contributed by atoms with Crippen molar-refractivity contribution in [2.45, 2.75) is 11.4 Å². The van der Waals surface area contributed by atoms with Crippen molar-refractivity contribution in [2.24, 2.45) is 0 Å². The predicted molar refractivity (Wildman–Crippen MR) is 111 cm³/mol. The topological polar surface area (TPSA) is 50.3 Å². The number of rotatable bonds is 5. The van der Waals surface area contributed by atoms with Gasteiger partial charge < -0.3 is 0 Å². The molecule has 0 atom stereocenters. The van der Waals surface area contributed by atoms with E-state index in [-0.39, 0.29) is 27.0 Å². The van der Waals surface area contributed by atoms with Gasteiger partial charge in [-0.3, -0.25) is 9.29 Å². The number of nitrogens with zero attached hydrogens (tertiary/aromatic N) is 2. The highest BCUT2D eigenvalue weighted by Crippen LogP contribution is 2.43. The van der Waals surface area contributed by atoms with Gasteiger partial charge in [0.15, 0.2) is 11.6 Å². The Labute approximate surface area is 175 Å². The van der Waals surface area contributed by atoms with Crippen molar-refractivity contribution in [1.82, 2.24) is 4.98 Å². The molecule has 4 rings (SSSR count). The molecular formula is C20H13ClF2N2O2S2. The molecule has 0 bridgehead atoms. The first-order chi connectivity index (χ1) is 13.9. The van der Waals surface area contributed by atoms with Gasteiger partial charge in [0.05, 0.1) is 16.1 Å². The van der Waals surface area contributed by atoms with Gasteiger partial charge in [0.25, 0.3) is 10.0 Å². The Morgan fingerprint density at radius 2 is 1.76 bits per heavy atom. The van der Waals surface area contributed by atoms with E-state index in [1.54, 1.807) is 36.5 Å². The molecule has 0 amide bonds. The van der Waals surface area contributed by atoms with E-state index in [0.29, 0.717) is 10.2 Å². The van der Waals surface area contributed by atoms with Gasteiger partial charge in [-0.1, -0.05) is 35.9 Å². The van der Waals surface area contributed by atoms with Crippen LogP contribution in [0.5, 0.6) is 0 Å². The van der Waals surface area contributed by atoms with Gasteiger partial charge >= 0.3 is 0 Å². The minimum atomic E-state index is -4.03. The van der Waals surface area contributed by atoms with E-state index in [9.17, 15) is 17.2 Å². The molecule has 29 heavy (non-hydrogen) atoms. The first-order valence-corrected chi connectivity index (χ1v) is 11.1. The van der Waals surface area contributed by atoms with Crippen molar-refractivity contribution in [3.63, 3.8) is 0 Å². The Kier molecular flexibility index (Phi) is 5.24. The number of hydrogen-bond acceptors (Lipinski definition) is 4. The zero-order chi connectivity index (χ0) is 20.6. The maximum Gasteiger partial charge on any atom is 0.265 e. The van der Waals surface area contributed by atoms with Crippen LogP contribution in [0.25, 0.3) is 10.2 Å². The average molecular weight is 451 g/mol. The SMILES string of the molecule is O=S(=O)(c1ccccc1)N(Cc1ccc(F)c(F)c1)c1sc2cccnc2c1Cl. The lowest BCUT2D eigenvalue weighted by Gasteiger charge is -2.23. The van der Waals surface area contributed by atoms with Crippen LogP contribution < -0.4 is 4.31 Å². The van der Waals surface area contributed by atoms with Crippen molar-refractivity contribution in [3.8, 4) is 0 Å². The van der Waals surface area contributed by atoms with Crippen LogP contribution in [0, 0.1) is 11.6 Å². The molecule has 0 unspecified atom stereocenters. The standard InChI is InChI=1S/C20H13ClF2N2O2S2/c21-18-19-17(7-4-10-24-19)28-20(18)25(12-13-8-9-15(22)16(23)11-13)29(26,27)14-5-2-1-3-6-14/h1-11H,12H2. The molecule has 0 N–H and O–H groups in total. The number of hydrogen-bond donors (Lipinski definition) is 0. The second-order valence-electron chi connectivity index (χ2n) is 6.14. The van der Waals surface area contributed by atoms with Gasteiger partial charge in [0.2, 0.25) is 0 Å². The first-order valence-electron chi connectivity index (χ1n) is 8.42.